The molecular formula is C24H45N5O4. The number of ether oxygens (including phenoxy) is 2. The van der Waals surface area contributed by atoms with Gasteiger partial charge in [-0.05, 0) is 52.2 Å². The third-order valence-electron chi connectivity index (χ3n) is 7.34. The molecule has 0 saturated carbocycles. The van der Waals surface area contributed by atoms with Crippen LogP contribution in [0.3, 0.4) is 0 Å². The molecule has 0 aromatic carbocycles. The van der Waals surface area contributed by atoms with Gasteiger partial charge in [0.1, 0.15) is 0 Å². The van der Waals surface area contributed by atoms with Crippen molar-refractivity contribution >= 4 is 12.1 Å². The molecule has 3 rings (SSSR count). The Morgan fingerprint density at radius 2 is 1.42 bits per heavy atom. The molecule has 190 valence electrons. The van der Waals surface area contributed by atoms with E-state index in [0.717, 1.165) is 65.1 Å². The van der Waals surface area contributed by atoms with E-state index in [-0.39, 0.29) is 24.3 Å². The molecule has 9 heteroatoms. The van der Waals surface area contributed by atoms with Gasteiger partial charge in [-0.1, -0.05) is 6.92 Å². The summed E-state index contributed by atoms with van der Waals surface area (Å²) >= 11 is 0. The maximum absolute atomic E-state index is 12.5. The molecule has 3 saturated heterocycles. The van der Waals surface area contributed by atoms with Crippen LogP contribution in [0.1, 0.15) is 46.0 Å². The van der Waals surface area contributed by atoms with Gasteiger partial charge >= 0.3 is 12.1 Å². The van der Waals surface area contributed by atoms with E-state index < -0.39 is 0 Å². The second-order valence-corrected chi connectivity index (χ2v) is 9.66. The molecule has 3 aliphatic rings. The van der Waals surface area contributed by atoms with Crippen molar-refractivity contribution in [3.63, 3.8) is 0 Å². The Kier molecular flexibility index (Phi) is 10.7. The molecule has 0 spiro atoms. The summed E-state index contributed by atoms with van der Waals surface area (Å²) in [4.78, 5) is 35.5. The van der Waals surface area contributed by atoms with Crippen molar-refractivity contribution in [2.45, 2.75) is 58.2 Å². The number of unbranched alkanes of at least 4 members (excludes halogenated alkanes) is 1. The first kappa shape index (κ1) is 26.2. The van der Waals surface area contributed by atoms with Gasteiger partial charge in [-0.2, -0.15) is 0 Å². The third-order valence-corrected chi connectivity index (χ3v) is 7.34. The molecule has 33 heavy (non-hydrogen) atoms. The monoisotopic (exact) mass is 467 g/mol. The number of carbonyl (C=O) groups is 2. The molecule has 0 radical (unpaired) electrons. The average molecular weight is 468 g/mol. The Bertz CT molecular complexity index is 606. The largest absolute Gasteiger partial charge is 0.469 e. The van der Waals surface area contributed by atoms with Gasteiger partial charge in [0.2, 0.25) is 0 Å². The summed E-state index contributed by atoms with van der Waals surface area (Å²) in [5, 5.41) is 0. The van der Waals surface area contributed by atoms with Crippen LogP contribution in [0.15, 0.2) is 0 Å². The molecule has 3 heterocycles. The van der Waals surface area contributed by atoms with Gasteiger partial charge < -0.3 is 29.1 Å². The minimum absolute atomic E-state index is 0.0842. The van der Waals surface area contributed by atoms with Crippen LogP contribution < -0.4 is 0 Å². The van der Waals surface area contributed by atoms with Crippen molar-refractivity contribution < 1.29 is 19.1 Å². The Morgan fingerprint density at radius 1 is 0.879 bits per heavy atom. The van der Waals surface area contributed by atoms with Crippen molar-refractivity contribution in [1.29, 1.82) is 0 Å². The van der Waals surface area contributed by atoms with Crippen LogP contribution in [-0.4, -0.2) is 134 Å². The molecule has 0 bridgehead atoms. The second kappa shape index (κ2) is 13.5. The number of amides is 1. The Hall–Kier alpha value is -1.42. The predicted molar refractivity (Wildman–Crippen MR) is 128 cm³/mol. The normalized spacial score (nSPS) is 26.0. The van der Waals surface area contributed by atoms with Crippen molar-refractivity contribution in [2.75, 3.05) is 85.6 Å². The highest BCUT2D eigenvalue weighted by atomic mass is 16.6. The van der Waals surface area contributed by atoms with Crippen molar-refractivity contribution in [2.24, 2.45) is 0 Å². The van der Waals surface area contributed by atoms with Crippen LogP contribution in [0, 0.1) is 0 Å². The van der Waals surface area contributed by atoms with E-state index >= 15 is 0 Å². The summed E-state index contributed by atoms with van der Waals surface area (Å²) in [6.07, 6.45) is 4.36. The quantitative estimate of drug-likeness (QED) is 0.316. The van der Waals surface area contributed by atoms with Gasteiger partial charge in [-0.3, -0.25) is 9.69 Å². The lowest BCUT2D eigenvalue weighted by atomic mass is 10.2. The zero-order valence-electron chi connectivity index (χ0n) is 21.0. The lowest BCUT2D eigenvalue weighted by Crippen LogP contribution is -2.53. The topological polar surface area (TPSA) is 68.8 Å². The van der Waals surface area contributed by atoms with Crippen LogP contribution in [-0.2, 0) is 14.3 Å². The number of hydrogen-bond donors (Lipinski definition) is 0. The van der Waals surface area contributed by atoms with Crippen molar-refractivity contribution in [3.8, 4) is 0 Å². The molecule has 0 aromatic rings. The molecule has 0 aliphatic carbocycles. The smallest absolute Gasteiger partial charge is 0.411 e. The molecule has 2 unspecified atom stereocenters. The molecular weight excluding hydrogens is 422 g/mol. The van der Waals surface area contributed by atoms with E-state index in [4.69, 9.17) is 9.47 Å². The highest BCUT2D eigenvalue weighted by molar-refractivity contribution is 5.70. The van der Waals surface area contributed by atoms with E-state index in [1.54, 1.807) is 0 Å². The SMILES string of the molecule is CCCN1CCN(CCCCN2C(=O)OC(N3CCN(CCCC(=O)OC)CC3)C2C)CC1. The zero-order chi connectivity index (χ0) is 23.6. The molecule has 0 N–H and O–H groups in total. The highest BCUT2D eigenvalue weighted by Gasteiger charge is 2.42. The van der Waals surface area contributed by atoms with Crippen LogP contribution in [0.25, 0.3) is 0 Å². The minimum Gasteiger partial charge on any atom is -0.469 e. The van der Waals surface area contributed by atoms with Crippen LogP contribution in [0.2, 0.25) is 0 Å². The Balaban J connectivity index is 1.31. The van der Waals surface area contributed by atoms with Gasteiger partial charge in [-0.15, -0.1) is 0 Å². The number of esters is 1. The summed E-state index contributed by atoms with van der Waals surface area (Å²) in [5.41, 5.74) is 0. The lowest BCUT2D eigenvalue weighted by Gasteiger charge is -2.38. The summed E-state index contributed by atoms with van der Waals surface area (Å²) in [7, 11) is 1.43. The maximum atomic E-state index is 12.5. The van der Waals surface area contributed by atoms with Crippen LogP contribution in [0.4, 0.5) is 4.79 Å². The molecule has 0 aromatic heterocycles. The fourth-order valence-electron chi connectivity index (χ4n) is 5.23. The van der Waals surface area contributed by atoms with E-state index in [1.165, 1.54) is 46.3 Å². The lowest BCUT2D eigenvalue weighted by molar-refractivity contribution is -0.140. The zero-order valence-corrected chi connectivity index (χ0v) is 21.0. The van der Waals surface area contributed by atoms with E-state index in [0.29, 0.717) is 6.42 Å². The summed E-state index contributed by atoms with van der Waals surface area (Å²) in [5.74, 6) is -0.144. The predicted octanol–water partition coefficient (Wildman–Crippen LogP) is 1.53. The first-order chi connectivity index (χ1) is 16.0. The number of piperazine rings is 2. The van der Waals surface area contributed by atoms with Gasteiger partial charge in [0.25, 0.3) is 0 Å². The molecule has 1 amide bonds. The first-order valence-electron chi connectivity index (χ1n) is 13.0. The standard InChI is InChI=1S/C24H45N5O4/c1-4-9-25-13-15-26(16-14-25)10-5-6-12-29-21(2)23(33-24(29)31)28-19-17-27(18-20-28)11-7-8-22(30)32-3/h21,23H,4-20H2,1-3H3. The number of nitrogens with zero attached hydrogens (tertiary/aromatic N) is 5. The summed E-state index contributed by atoms with van der Waals surface area (Å²) in [6.45, 7) is 16.7. The van der Waals surface area contributed by atoms with Crippen LogP contribution in [0.5, 0.6) is 0 Å². The number of rotatable bonds is 12. The highest BCUT2D eigenvalue weighted by Crippen LogP contribution is 2.24. The molecule has 3 fully saturated rings. The van der Waals surface area contributed by atoms with Gasteiger partial charge in [0.15, 0.2) is 6.23 Å². The van der Waals surface area contributed by atoms with E-state index in [1.807, 2.05) is 4.90 Å². The fourth-order valence-corrected chi connectivity index (χ4v) is 5.23. The number of methoxy groups -OCH3 is 1. The van der Waals surface area contributed by atoms with Gasteiger partial charge in [-0.25, -0.2) is 4.79 Å². The van der Waals surface area contributed by atoms with E-state index in [9.17, 15) is 9.59 Å². The first-order valence-corrected chi connectivity index (χ1v) is 13.0. The molecule has 2 atom stereocenters. The average Bonchev–Trinajstić information content (AvgIpc) is 3.11. The summed E-state index contributed by atoms with van der Waals surface area (Å²) < 4.78 is 10.5. The summed E-state index contributed by atoms with van der Waals surface area (Å²) in [6, 6.07) is 0.0842. The molecule has 9 nitrogen and oxygen atoms in total. The minimum atomic E-state index is -0.166. The van der Waals surface area contributed by atoms with Crippen molar-refractivity contribution in [1.82, 2.24) is 24.5 Å². The van der Waals surface area contributed by atoms with Crippen LogP contribution >= 0.6 is 0 Å². The second-order valence-electron chi connectivity index (χ2n) is 9.66. The number of carbonyl (C=O) groups excluding carboxylic acids is 2. The van der Waals surface area contributed by atoms with Gasteiger partial charge in [0.05, 0.1) is 13.2 Å². The third kappa shape index (κ3) is 7.80. The van der Waals surface area contributed by atoms with Crippen molar-refractivity contribution in [3.05, 3.63) is 0 Å². The number of cyclic esters (lactones) is 1. The maximum Gasteiger partial charge on any atom is 0.411 e. The fraction of sp³-hybridized carbons (Fsp3) is 0.917. The Labute approximate surface area is 199 Å². The Morgan fingerprint density at radius 3 is 2.03 bits per heavy atom. The molecule has 3 aliphatic heterocycles. The van der Waals surface area contributed by atoms with E-state index in [2.05, 4.69) is 33.4 Å². The number of hydrogen-bond acceptors (Lipinski definition) is 8. The van der Waals surface area contributed by atoms with Gasteiger partial charge in [0, 0.05) is 65.3 Å².